The average molecular weight is 211 g/mol. The number of amides is 1. The Kier molecular flexibility index (Phi) is 2.55. The maximum Gasteiger partial charge on any atom is 0.410 e. The van der Waals surface area contributed by atoms with Gasteiger partial charge in [0.25, 0.3) is 0 Å². The van der Waals surface area contributed by atoms with Gasteiger partial charge >= 0.3 is 6.09 Å². The van der Waals surface area contributed by atoms with Gasteiger partial charge in [0.15, 0.2) is 0 Å². The predicted octanol–water partition coefficient (Wildman–Crippen LogP) is -0.905. The van der Waals surface area contributed by atoms with Crippen molar-refractivity contribution in [2.45, 2.75) is 12.6 Å². The molecule has 7 heteroatoms. The predicted molar refractivity (Wildman–Crippen MR) is 50.7 cm³/mol. The summed E-state index contributed by atoms with van der Waals surface area (Å²) in [5.74, 6) is 0.727. The number of nitrogens with two attached hydrogens (primary N) is 1. The van der Waals surface area contributed by atoms with Crippen LogP contribution < -0.4 is 5.73 Å². The van der Waals surface area contributed by atoms with E-state index in [0.717, 1.165) is 5.82 Å². The molecule has 15 heavy (non-hydrogen) atoms. The van der Waals surface area contributed by atoms with E-state index in [1.165, 1.54) is 6.33 Å². The summed E-state index contributed by atoms with van der Waals surface area (Å²) in [4.78, 5) is 17.0. The van der Waals surface area contributed by atoms with Crippen LogP contribution in [0, 0.1) is 0 Å². The molecule has 0 saturated carbocycles. The molecule has 2 rings (SSSR count). The third kappa shape index (κ3) is 1.91. The molecule has 1 saturated heterocycles. The van der Waals surface area contributed by atoms with Gasteiger partial charge in [-0.15, -0.1) is 0 Å². The molecule has 0 aromatic carbocycles. The van der Waals surface area contributed by atoms with Crippen LogP contribution in [0.3, 0.4) is 0 Å². The van der Waals surface area contributed by atoms with Crippen LogP contribution in [0.5, 0.6) is 0 Å². The number of hydrogen-bond acceptors (Lipinski definition) is 5. The molecule has 2 heterocycles. The maximum absolute atomic E-state index is 11.4. The summed E-state index contributed by atoms with van der Waals surface area (Å²) in [7, 11) is 1.78. The number of carbonyl (C=O) groups excluding carboxylic acids is 1. The SMILES string of the molecule is Cn1ncnc1CN1CC(CN)OC1=O. The second-order valence-corrected chi connectivity index (χ2v) is 3.42. The minimum atomic E-state index is -0.339. The number of aromatic nitrogens is 3. The van der Waals surface area contributed by atoms with Gasteiger partial charge in [0.2, 0.25) is 0 Å². The monoisotopic (exact) mass is 211 g/mol. The quantitative estimate of drug-likeness (QED) is 0.699. The van der Waals surface area contributed by atoms with Gasteiger partial charge in [0, 0.05) is 13.6 Å². The third-order valence-corrected chi connectivity index (χ3v) is 2.35. The molecular weight excluding hydrogens is 198 g/mol. The highest BCUT2D eigenvalue weighted by atomic mass is 16.6. The van der Waals surface area contributed by atoms with Gasteiger partial charge in [0.05, 0.1) is 13.1 Å². The molecule has 0 spiro atoms. The molecule has 1 atom stereocenters. The van der Waals surface area contributed by atoms with E-state index in [0.29, 0.717) is 19.6 Å². The van der Waals surface area contributed by atoms with Crippen molar-refractivity contribution in [1.29, 1.82) is 0 Å². The highest BCUT2D eigenvalue weighted by molar-refractivity contribution is 5.69. The zero-order valence-electron chi connectivity index (χ0n) is 8.46. The van der Waals surface area contributed by atoms with E-state index in [1.54, 1.807) is 16.6 Å². The summed E-state index contributed by atoms with van der Waals surface area (Å²) in [5.41, 5.74) is 5.42. The Morgan fingerprint density at radius 1 is 1.73 bits per heavy atom. The third-order valence-electron chi connectivity index (χ3n) is 2.35. The largest absolute Gasteiger partial charge is 0.443 e. The van der Waals surface area contributed by atoms with Crippen LogP contribution in [-0.4, -0.2) is 45.0 Å². The van der Waals surface area contributed by atoms with E-state index in [-0.39, 0.29) is 12.2 Å². The van der Waals surface area contributed by atoms with Crippen LogP contribution in [0.1, 0.15) is 5.82 Å². The van der Waals surface area contributed by atoms with Gasteiger partial charge in [-0.1, -0.05) is 0 Å². The van der Waals surface area contributed by atoms with E-state index >= 15 is 0 Å². The molecular formula is C8H13N5O2. The van der Waals surface area contributed by atoms with Crippen molar-refractivity contribution in [2.75, 3.05) is 13.1 Å². The minimum absolute atomic E-state index is 0.203. The molecule has 1 unspecified atom stereocenters. The first-order valence-electron chi connectivity index (χ1n) is 4.69. The second-order valence-electron chi connectivity index (χ2n) is 3.42. The highest BCUT2D eigenvalue weighted by Crippen LogP contribution is 2.12. The van der Waals surface area contributed by atoms with Crippen molar-refractivity contribution in [3.8, 4) is 0 Å². The van der Waals surface area contributed by atoms with Crippen LogP contribution >= 0.6 is 0 Å². The Morgan fingerprint density at radius 2 is 2.53 bits per heavy atom. The molecule has 1 amide bonds. The summed E-state index contributed by atoms with van der Waals surface area (Å²) in [5, 5.41) is 3.92. The van der Waals surface area contributed by atoms with Crippen molar-refractivity contribution in [1.82, 2.24) is 19.7 Å². The molecule has 1 aliphatic rings. The Morgan fingerprint density at radius 3 is 3.07 bits per heavy atom. The van der Waals surface area contributed by atoms with Crippen molar-refractivity contribution in [3.05, 3.63) is 12.2 Å². The average Bonchev–Trinajstić information content (AvgIpc) is 2.76. The molecule has 82 valence electrons. The van der Waals surface area contributed by atoms with Gasteiger partial charge in [-0.3, -0.25) is 9.58 Å². The van der Waals surface area contributed by atoms with Gasteiger partial charge in [-0.25, -0.2) is 9.78 Å². The summed E-state index contributed by atoms with van der Waals surface area (Å²) in [6.07, 6.45) is 0.913. The first-order valence-corrected chi connectivity index (χ1v) is 4.69. The topological polar surface area (TPSA) is 86.3 Å². The zero-order chi connectivity index (χ0) is 10.8. The van der Waals surface area contributed by atoms with Gasteiger partial charge in [-0.2, -0.15) is 5.10 Å². The first-order chi connectivity index (χ1) is 7.20. The standard InChI is InChI=1S/C8H13N5O2/c1-12-7(10-5-11-12)4-13-3-6(2-9)15-8(13)14/h5-6H,2-4,9H2,1H3. The van der Waals surface area contributed by atoms with Crippen LogP contribution in [-0.2, 0) is 18.3 Å². The van der Waals surface area contributed by atoms with Crippen LogP contribution in [0.15, 0.2) is 6.33 Å². The van der Waals surface area contributed by atoms with Crippen LogP contribution in [0.4, 0.5) is 4.79 Å². The summed E-state index contributed by atoms with van der Waals surface area (Å²) >= 11 is 0. The lowest BCUT2D eigenvalue weighted by molar-refractivity contribution is 0.134. The van der Waals surface area contributed by atoms with E-state index in [4.69, 9.17) is 10.5 Å². The molecule has 1 fully saturated rings. The fourth-order valence-electron chi connectivity index (χ4n) is 1.46. The number of nitrogens with zero attached hydrogens (tertiary/aromatic N) is 4. The number of hydrogen-bond donors (Lipinski definition) is 1. The second kappa shape index (κ2) is 3.85. The number of cyclic esters (lactones) is 1. The highest BCUT2D eigenvalue weighted by Gasteiger charge is 2.30. The van der Waals surface area contributed by atoms with Crippen molar-refractivity contribution >= 4 is 6.09 Å². The first kappa shape index (κ1) is 9.91. The Labute approximate surface area is 86.8 Å². The molecule has 0 radical (unpaired) electrons. The van der Waals surface area contributed by atoms with E-state index < -0.39 is 0 Å². The normalized spacial score (nSPS) is 20.8. The van der Waals surface area contributed by atoms with Crippen LogP contribution in [0.25, 0.3) is 0 Å². The number of aryl methyl sites for hydroxylation is 1. The van der Waals surface area contributed by atoms with E-state index in [1.807, 2.05) is 0 Å². The van der Waals surface area contributed by atoms with E-state index in [2.05, 4.69) is 10.1 Å². The Hall–Kier alpha value is -1.63. The van der Waals surface area contributed by atoms with E-state index in [9.17, 15) is 4.79 Å². The molecule has 0 bridgehead atoms. The molecule has 7 nitrogen and oxygen atoms in total. The Balaban J connectivity index is 2.01. The summed E-state index contributed by atoms with van der Waals surface area (Å²) in [6, 6.07) is 0. The lowest BCUT2D eigenvalue weighted by Crippen LogP contribution is -2.28. The molecule has 1 aliphatic heterocycles. The number of carbonyl (C=O) groups is 1. The Bertz CT molecular complexity index is 364. The van der Waals surface area contributed by atoms with Gasteiger partial charge in [0.1, 0.15) is 18.3 Å². The summed E-state index contributed by atoms with van der Waals surface area (Å²) in [6.45, 7) is 1.27. The minimum Gasteiger partial charge on any atom is -0.443 e. The van der Waals surface area contributed by atoms with Gasteiger partial charge < -0.3 is 10.5 Å². The smallest absolute Gasteiger partial charge is 0.410 e. The molecule has 1 aromatic heterocycles. The maximum atomic E-state index is 11.4. The number of rotatable bonds is 3. The zero-order valence-corrected chi connectivity index (χ0v) is 8.46. The molecule has 1 aromatic rings. The molecule has 2 N–H and O–H groups in total. The fraction of sp³-hybridized carbons (Fsp3) is 0.625. The number of ether oxygens (including phenoxy) is 1. The fourth-order valence-corrected chi connectivity index (χ4v) is 1.46. The molecule has 0 aliphatic carbocycles. The van der Waals surface area contributed by atoms with Gasteiger partial charge in [-0.05, 0) is 0 Å². The lowest BCUT2D eigenvalue weighted by atomic mass is 10.3. The van der Waals surface area contributed by atoms with Crippen molar-refractivity contribution < 1.29 is 9.53 Å². The van der Waals surface area contributed by atoms with Crippen molar-refractivity contribution in [3.63, 3.8) is 0 Å². The van der Waals surface area contributed by atoms with Crippen LogP contribution in [0.2, 0.25) is 0 Å². The van der Waals surface area contributed by atoms with Crippen molar-refractivity contribution in [2.24, 2.45) is 12.8 Å². The lowest BCUT2D eigenvalue weighted by Gasteiger charge is -2.11. The summed E-state index contributed by atoms with van der Waals surface area (Å²) < 4.78 is 6.64.